The van der Waals surface area contributed by atoms with Gasteiger partial charge in [0.15, 0.2) is 17.4 Å². The molecule has 0 unspecified atom stereocenters. The molecule has 1 aromatic heterocycles. The maximum atomic E-state index is 13.1. The quantitative estimate of drug-likeness (QED) is 0.892. The van der Waals surface area contributed by atoms with Gasteiger partial charge >= 0.3 is 0 Å². The highest BCUT2D eigenvalue weighted by Gasteiger charge is 2.09. The van der Waals surface area contributed by atoms with Crippen LogP contribution in [0.3, 0.4) is 0 Å². The van der Waals surface area contributed by atoms with Crippen molar-refractivity contribution in [1.29, 1.82) is 0 Å². The topological polar surface area (TPSA) is 45.2 Å². The molecule has 1 aromatic carbocycles. The first kappa shape index (κ1) is 13.4. The Morgan fingerprint density at radius 1 is 1.21 bits per heavy atom. The normalized spacial score (nSPS) is 10.7. The van der Waals surface area contributed by atoms with Gasteiger partial charge < -0.3 is 10.4 Å². The van der Waals surface area contributed by atoms with Crippen molar-refractivity contribution in [3.63, 3.8) is 0 Å². The summed E-state index contributed by atoms with van der Waals surface area (Å²) >= 11 is 0. The highest BCUT2D eigenvalue weighted by molar-refractivity contribution is 5.30. The van der Waals surface area contributed by atoms with Gasteiger partial charge in [0.1, 0.15) is 0 Å². The lowest BCUT2D eigenvalue weighted by Crippen LogP contribution is -2.14. The largest absolute Gasteiger partial charge is 0.503 e. The first-order chi connectivity index (χ1) is 9.08. The number of aromatic hydroxyl groups is 1. The van der Waals surface area contributed by atoms with E-state index in [9.17, 15) is 8.78 Å². The molecule has 100 valence electrons. The highest BCUT2D eigenvalue weighted by Crippen LogP contribution is 2.21. The number of phenols is 1. The standard InChI is InChI=1S/C14H14F2N2O/c1-9-2-3-17-7-11(9)8-18-6-10-4-12(15)14(19)13(16)5-10/h2-5,7,18-19H,6,8H2,1H3. The Bertz CT molecular complexity index is 564. The van der Waals surface area contributed by atoms with Gasteiger partial charge in [-0.3, -0.25) is 4.98 Å². The minimum Gasteiger partial charge on any atom is -0.503 e. The summed E-state index contributed by atoms with van der Waals surface area (Å²) in [5, 5.41) is 12.1. The van der Waals surface area contributed by atoms with Gasteiger partial charge in [-0.15, -0.1) is 0 Å². The maximum absolute atomic E-state index is 13.1. The van der Waals surface area contributed by atoms with Gasteiger partial charge in [0.2, 0.25) is 0 Å². The van der Waals surface area contributed by atoms with Crippen LogP contribution in [0.5, 0.6) is 5.75 Å². The van der Waals surface area contributed by atoms with Crippen molar-refractivity contribution < 1.29 is 13.9 Å². The molecule has 0 aliphatic carbocycles. The molecule has 0 saturated heterocycles. The van der Waals surface area contributed by atoms with Gasteiger partial charge in [-0.25, -0.2) is 8.78 Å². The van der Waals surface area contributed by atoms with Crippen molar-refractivity contribution in [1.82, 2.24) is 10.3 Å². The second-order valence-corrected chi connectivity index (χ2v) is 4.31. The summed E-state index contributed by atoms with van der Waals surface area (Å²) in [6.45, 7) is 2.84. The monoisotopic (exact) mass is 264 g/mol. The second kappa shape index (κ2) is 5.75. The lowest BCUT2D eigenvalue weighted by Gasteiger charge is -2.08. The number of phenolic OH excluding ortho intramolecular Hbond substituents is 1. The third-order valence-corrected chi connectivity index (χ3v) is 2.87. The Kier molecular flexibility index (Phi) is 4.06. The van der Waals surface area contributed by atoms with Gasteiger partial charge in [0, 0.05) is 25.5 Å². The summed E-state index contributed by atoms with van der Waals surface area (Å²) in [7, 11) is 0. The van der Waals surface area contributed by atoms with Gasteiger partial charge in [-0.05, 0) is 41.8 Å². The van der Waals surface area contributed by atoms with E-state index in [2.05, 4.69) is 10.3 Å². The number of nitrogens with one attached hydrogen (secondary N) is 1. The maximum Gasteiger partial charge on any atom is 0.187 e. The Hall–Kier alpha value is -2.01. The summed E-state index contributed by atoms with van der Waals surface area (Å²) in [5.74, 6) is -2.84. The van der Waals surface area contributed by atoms with E-state index in [1.807, 2.05) is 13.0 Å². The molecule has 19 heavy (non-hydrogen) atoms. The van der Waals surface area contributed by atoms with Crippen LogP contribution >= 0.6 is 0 Å². The molecule has 2 N–H and O–H groups in total. The van der Waals surface area contributed by atoms with E-state index < -0.39 is 17.4 Å². The van der Waals surface area contributed by atoms with E-state index in [-0.39, 0.29) is 0 Å². The van der Waals surface area contributed by atoms with Crippen LogP contribution in [-0.4, -0.2) is 10.1 Å². The van der Waals surface area contributed by atoms with Crippen LogP contribution in [0.1, 0.15) is 16.7 Å². The molecule has 0 bridgehead atoms. The third-order valence-electron chi connectivity index (χ3n) is 2.87. The average molecular weight is 264 g/mol. The molecule has 1 heterocycles. The minimum atomic E-state index is -0.950. The lowest BCUT2D eigenvalue weighted by atomic mass is 10.1. The zero-order valence-corrected chi connectivity index (χ0v) is 10.5. The van der Waals surface area contributed by atoms with Crippen LogP contribution in [0.2, 0.25) is 0 Å². The minimum absolute atomic E-state index is 0.308. The summed E-state index contributed by atoms with van der Waals surface area (Å²) in [5.41, 5.74) is 2.57. The van der Waals surface area contributed by atoms with Gasteiger partial charge in [0.25, 0.3) is 0 Å². The van der Waals surface area contributed by atoms with Crippen LogP contribution in [0, 0.1) is 18.6 Å². The predicted octanol–water partition coefficient (Wildman–Crippen LogP) is 2.66. The fourth-order valence-corrected chi connectivity index (χ4v) is 1.74. The Labute approximate surface area is 109 Å². The Morgan fingerprint density at radius 3 is 2.53 bits per heavy atom. The van der Waals surface area contributed by atoms with Crippen molar-refractivity contribution in [2.75, 3.05) is 0 Å². The highest BCUT2D eigenvalue weighted by atomic mass is 19.1. The molecule has 2 rings (SSSR count). The van der Waals surface area contributed by atoms with E-state index in [1.165, 1.54) is 0 Å². The number of rotatable bonds is 4. The molecule has 2 aromatic rings. The molecule has 0 fully saturated rings. The molecular formula is C14H14F2N2O. The third kappa shape index (κ3) is 3.26. The number of aromatic nitrogens is 1. The van der Waals surface area contributed by atoms with Crippen molar-refractivity contribution in [3.8, 4) is 5.75 Å². The predicted molar refractivity (Wildman–Crippen MR) is 67.5 cm³/mol. The SMILES string of the molecule is Cc1ccncc1CNCc1cc(F)c(O)c(F)c1. The first-order valence-electron chi connectivity index (χ1n) is 5.85. The van der Waals surface area contributed by atoms with Gasteiger partial charge in [0.05, 0.1) is 0 Å². The van der Waals surface area contributed by atoms with Gasteiger partial charge in [-0.1, -0.05) is 0 Å². The molecule has 0 aliphatic rings. The first-order valence-corrected chi connectivity index (χ1v) is 5.85. The average Bonchev–Trinajstić information content (AvgIpc) is 2.38. The van der Waals surface area contributed by atoms with E-state index in [4.69, 9.17) is 5.11 Å². The lowest BCUT2D eigenvalue weighted by molar-refractivity contribution is 0.395. The molecule has 0 atom stereocenters. The van der Waals surface area contributed by atoms with Crippen molar-refractivity contribution >= 4 is 0 Å². The zero-order chi connectivity index (χ0) is 13.8. The summed E-state index contributed by atoms with van der Waals surface area (Å²) in [4.78, 5) is 4.02. The number of pyridine rings is 1. The molecule has 0 amide bonds. The number of benzene rings is 1. The molecule has 0 aliphatic heterocycles. The number of hydrogen-bond acceptors (Lipinski definition) is 3. The number of aryl methyl sites for hydroxylation is 1. The van der Waals surface area contributed by atoms with Crippen LogP contribution in [-0.2, 0) is 13.1 Å². The van der Waals surface area contributed by atoms with E-state index in [0.717, 1.165) is 23.3 Å². The molecule has 5 heteroatoms. The molecular weight excluding hydrogens is 250 g/mol. The fourth-order valence-electron chi connectivity index (χ4n) is 1.74. The van der Waals surface area contributed by atoms with Crippen molar-refractivity contribution in [2.45, 2.75) is 20.0 Å². The summed E-state index contributed by atoms with van der Waals surface area (Å²) < 4.78 is 26.3. The van der Waals surface area contributed by atoms with Gasteiger partial charge in [-0.2, -0.15) is 0 Å². The number of hydrogen-bond donors (Lipinski definition) is 2. The van der Waals surface area contributed by atoms with Crippen molar-refractivity contribution in [2.24, 2.45) is 0 Å². The molecule has 3 nitrogen and oxygen atoms in total. The molecule has 0 saturated carbocycles. The van der Waals surface area contributed by atoms with Crippen LogP contribution in [0.15, 0.2) is 30.6 Å². The molecule has 0 radical (unpaired) electrons. The van der Waals surface area contributed by atoms with Crippen LogP contribution < -0.4 is 5.32 Å². The van der Waals surface area contributed by atoms with E-state index >= 15 is 0 Å². The van der Waals surface area contributed by atoms with E-state index in [1.54, 1.807) is 12.4 Å². The zero-order valence-electron chi connectivity index (χ0n) is 10.5. The van der Waals surface area contributed by atoms with Crippen LogP contribution in [0.4, 0.5) is 8.78 Å². The number of halogens is 2. The van der Waals surface area contributed by atoms with E-state index in [0.29, 0.717) is 18.7 Å². The fraction of sp³-hybridized carbons (Fsp3) is 0.214. The summed E-state index contributed by atoms with van der Waals surface area (Å²) in [6, 6.07) is 4.12. The van der Waals surface area contributed by atoms with Crippen molar-refractivity contribution in [3.05, 3.63) is 58.9 Å². The van der Waals surface area contributed by atoms with Crippen LogP contribution in [0.25, 0.3) is 0 Å². The Morgan fingerprint density at radius 2 is 1.89 bits per heavy atom. The summed E-state index contributed by atoms with van der Waals surface area (Å²) in [6.07, 6.45) is 3.46. The second-order valence-electron chi connectivity index (χ2n) is 4.31. The smallest absolute Gasteiger partial charge is 0.187 e. The molecule has 0 spiro atoms. The number of nitrogens with zero attached hydrogens (tertiary/aromatic N) is 1. The Balaban J connectivity index is 1.98.